The quantitative estimate of drug-likeness (QED) is 0.409. The molecule has 2 atom stereocenters. The van der Waals surface area contributed by atoms with E-state index in [-0.39, 0.29) is 6.04 Å². The number of ether oxygens (including phenoxy) is 2. The van der Waals surface area contributed by atoms with Crippen LogP contribution in [0.15, 0.2) is 42.5 Å². The maximum absolute atomic E-state index is 12.4. The lowest BCUT2D eigenvalue weighted by Gasteiger charge is -2.19. The Morgan fingerprint density at radius 2 is 1.76 bits per heavy atom. The maximum atomic E-state index is 12.4. The van der Waals surface area contributed by atoms with Crippen LogP contribution in [0.25, 0.3) is 0 Å². The molecule has 29 heavy (non-hydrogen) atoms. The molecule has 5 nitrogen and oxygen atoms in total. The van der Waals surface area contributed by atoms with Crippen LogP contribution < -0.4 is 10.1 Å². The van der Waals surface area contributed by atoms with E-state index in [0.717, 1.165) is 18.4 Å². The lowest BCUT2D eigenvalue weighted by atomic mass is 10.1. The maximum Gasteiger partial charge on any atom is 0.338 e. The lowest BCUT2D eigenvalue weighted by Crippen LogP contribution is -2.37. The molecule has 0 heterocycles. The minimum absolute atomic E-state index is 0.348. The Morgan fingerprint density at radius 1 is 1.07 bits per heavy atom. The van der Waals surface area contributed by atoms with Gasteiger partial charge in [0.1, 0.15) is 5.75 Å². The van der Waals surface area contributed by atoms with Gasteiger partial charge in [-0.25, -0.2) is 4.79 Å². The number of unbranched alkanes of at least 4 members (excludes halogenated alkanes) is 1. The second-order valence-electron chi connectivity index (χ2n) is 6.67. The summed E-state index contributed by atoms with van der Waals surface area (Å²) in [5, 5.41) is 3.76. The standard InChI is InChI=1S/C22H25Cl2NO4/c1-4-5-12-28-18-9-6-16(7-10-18)22(27)29-15(3)21(26)25-14(2)19-11-8-17(23)13-20(19)24/h6-11,13-15H,4-5,12H2,1-3H3,(H,25,26). The van der Waals surface area contributed by atoms with Crippen LogP contribution in [-0.4, -0.2) is 24.6 Å². The van der Waals surface area contributed by atoms with Crippen LogP contribution in [0, 0.1) is 0 Å². The zero-order valence-electron chi connectivity index (χ0n) is 16.7. The topological polar surface area (TPSA) is 64.6 Å². The molecule has 156 valence electrons. The molecule has 0 aromatic heterocycles. The normalized spacial score (nSPS) is 12.7. The van der Waals surface area contributed by atoms with E-state index in [1.165, 1.54) is 6.92 Å². The van der Waals surface area contributed by atoms with Crippen molar-refractivity contribution in [2.45, 2.75) is 45.8 Å². The number of hydrogen-bond acceptors (Lipinski definition) is 4. The van der Waals surface area contributed by atoms with Crippen LogP contribution in [0.1, 0.15) is 55.6 Å². The summed E-state index contributed by atoms with van der Waals surface area (Å²) in [4.78, 5) is 24.7. The Morgan fingerprint density at radius 3 is 2.38 bits per heavy atom. The number of rotatable bonds is 9. The van der Waals surface area contributed by atoms with E-state index in [9.17, 15) is 9.59 Å². The zero-order valence-corrected chi connectivity index (χ0v) is 18.2. The van der Waals surface area contributed by atoms with Crippen LogP contribution in [0.3, 0.4) is 0 Å². The van der Waals surface area contributed by atoms with Gasteiger partial charge in [-0.05, 0) is 62.2 Å². The Bertz CT molecular complexity index is 839. The second-order valence-corrected chi connectivity index (χ2v) is 7.51. The van der Waals surface area contributed by atoms with Gasteiger partial charge in [-0.2, -0.15) is 0 Å². The molecule has 0 saturated carbocycles. The molecular weight excluding hydrogens is 413 g/mol. The van der Waals surface area contributed by atoms with Gasteiger partial charge >= 0.3 is 5.97 Å². The van der Waals surface area contributed by atoms with Crippen molar-refractivity contribution < 1.29 is 19.1 Å². The third-order valence-electron chi connectivity index (χ3n) is 4.30. The van der Waals surface area contributed by atoms with E-state index in [4.69, 9.17) is 32.7 Å². The highest BCUT2D eigenvalue weighted by Gasteiger charge is 2.21. The minimum atomic E-state index is -0.962. The molecule has 7 heteroatoms. The van der Waals surface area contributed by atoms with Crippen molar-refractivity contribution in [2.24, 2.45) is 0 Å². The summed E-state index contributed by atoms with van der Waals surface area (Å²) in [6.07, 6.45) is 1.06. The van der Waals surface area contributed by atoms with Crippen molar-refractivity contribution in [3.8, 4) is 5.75 Å². The summed E-state index contributed by atoms with van der Waals surface area (Å²) in [5.74, 6) is -0.309. The lowest BCUT2D eigenvalue weighted by molar-refractivity contribution is -0.129. The van der Waals surface area contributed by atoms with E-state index in [1.807, 2.05) is 0 Å². The third kappa shape index (κ3) is 6.94. The number of halogens is 2. The van der Waals surface area contributed by atoms with Crippen LogP contribution in [-0.2, 0) is 9.53 Å². The molecule has 0 aliphatic carbocycles. The van der Waals surface area contributed by atoms with E-state index in [2.05, 4.69) is 12.2 Å². The molecule has 2 rings (SSSR count). The van der Waals surface area contributed by atoms with Gasteiger partial charge in [-0.15, -0.1) is 0 Å². The Balaban J connectivity index is 1.90. The Hall–Kier alpha value is -2.24. The molecular formula is C22H25Cl2NO4. The SMILES string of the molecule is CCCCOc1ccc(C(=O)OC(C)C(=O)NC(C)c2ccc(Cl)cc2Cl)cc1. The summed E-state index contributed by atoms with van der Waals surface area (Å²) >= 11 is 12.1. The van der Waals surface area contributed by atoms with Crippen molar-refractivity contribution in [3.05, 3.63) is 63.6 Å². The van der Waals surface area contributed by atoms with E-state index in [1.54, 1.807) is 49.4 Å². The van der Waals surface area contributed by atoms with Gasteiger partial charge in [0, 0.05) is 10.0 Å². The van der Waals surface area contributed by atoms with E-state index < -0.39 is 18.0 Å². The third-order valence-corrected chi connectivity index (χ3v) is 4.86. The number of carbonyl (C=O) groups is 2. The number of hydrogen-bond donors (Lipinski definition) is 1. The highest BCUT2D eigenvalue weighted by molar-refractivity contribution is 6.35. The van der Waals surface area contributed by atoms with Gasteiger partial charge in [0.2, 0.25) is 0 Å². The van der Waals surface area contributed by atoms with Gasteiger partial charge in [0.05, 0.1) is 18.2 Å². The van der Waals surface area contributed by atoms with Crippen molar-refractivity contribution in [1.29, 1.82) is 0 Å². The molecule has 1 amide bonds. The molecule has 0 saturated heterocycles. The second kappa shape index (κ2) is 11.1. The Labute approximate surface area is 181 Å². The molecule has 0 spiro atoms. The molecule has 0 aliphatic heterocycles. The van der Waals surface area contributed by atoms with Gasteiger partial charge in [-0.1, -0.05) is 42.6 Å². The number of nitrogens with one attached hydrogen (secondary N) is 1. The van der Waals surface area contributed by atoms with Gasteiger partial charge < -0.3 is 14.8 Å². The average Bonchev–Trinajstić information content (AvgIpc) is 2.68. The smallest absolute Gasteiger partial charge is 0.338 e. The molecule has 1 N–H and O–H groups in total. The molecule has 2 aromatic carbocycles. The van der Waals surface area contributed by atoms with Crippen LogP contribution in [0.5, 0.6) is 5.75 Å². The van der Waals surface area contributed by atoms with E-state index in [0.29, 0.717) is 28.0 Å². The van der Waals surface area contributed by atoms with Crippen LogP contribution >= 0.6 is 23.2 Å². The first kappa shape index (κ1) is 23.0. The molecule has 0 fully saturated rings. The largest absolute Gasteiger partial charge is 0.494 e. The fourth-order valence-electron chi connectivity index (χ4n) is 2.56. The van der Waals surface area contributed by atoms with Crippen molar-refractivity contribution in [3.63, 3.8) is 0 Å². The summed E-state index contributed by atoms with van der Waals surface area (Å²) < 4.78 is 10.8. The summed E-state index contributed by atoms with van der Waals surface area (Å²) in [6.45, 7) is 6.03. The highest BCUT2D eigenvalue weighted by atomic mass is 35.5. The summed E-state index contributed by atoms with van der Waals surface area (Å²) in [6, 6.07) is 11.3. The summed E-state index contributed by atoms with van der Waals surface area (Å²) in [7, 11) is 0. The zero-order chi connectivity index (χ0) is 21.4. The fraction of sp³-hybridized carbons (Fsp3) is 0.364. The fourth-order valence-corrected chi connectivity index (χ4v) is 3.14. The molecule has 2 unspecified atom stereocenters. The predicted octanol–water partition coefficient (Wildman–Crippen LogP) is 5.60. The van der Waals surface area contributed by atoms with Crippen molar-refractivity contribution in [2.75, 3.05) is 6.61 Å². The minimum Gasteiger partial charge on any atom is -0.494 e. The number of carbonyl (C=O) groups excluding carboxylic acids is 2. The van der Waals surface area contributed by atoms with Crippen LogP contribution in [0.4, 0.5) is 0 Å². The highest BCUT2D eigenvalue weighted by Crippen LogP contribution is 2.26. The first-order chi connectivity index (χ1) is 13.8. The Kier molecular flexibility index (Phi) is 8.80. The van der Waals surface area contributed by atoms with Crippen molar-refractivity contribution in [1.82, 2.24) is 5.32 Å². The van der Waals surface area contributed by atoms with Gasteiger partial charge in [0.25, 0.3) is 5.91 Å². The predicted molar refractivity (Wildman–Crippen MR) is 115 cm³/mol. The first-order valence-corrected chi connectivity index (χ1v) is 10.3. The molecule has 2 aromatic rings. The number of esters is 1. The average molecular weight is 438 g/mol. The van der Waals surface area contributed by atoms with Gasteiger partial charge in [0.15, 0.2) is 6.10 Å². The monoisotopic (exact) mass is 437 g/mol. The van der Waals surface area contributed by atoms with Gasteiger partial charge in [-0.3, -0.25) is 4.79 Å². The molecule has 0 aliphatic rings. The molecule has 0 bridgehead atoms. The van der Waals surface area contributed by atoms with Crippen LogP contribution in [0.2, 0.25) is 10.0 Å². The summed E-state index contributed by atoms with van der Waals surface area (Å²) in [5.41, 5.74) is 1.07. The number of benzene rings is 2. The van der Waals surface area contributed by atoms with Crippen molar-refractivity contribution >= 4 is 35.1 Å². The molecule has 0 radical (unpaired) electrons. The first-order valence-electron chi connectivity index (χ1n) is 9.51. The van der Waals surface area contributed by atoms with E-state index >= 15 is 0 Å². The number of amides is 1.